The van der Waals surface area contributed by atoms with Crippen LogP contribution < -0.4 is 4.90 Å². The van der Waals surface area contributed by atoms with Crippen molar-refractivity contribution in [3.63, 3.8) is 0 Å². The van der Waals surface area contributed by atoms with Crippen LogP contribution in [0.4, 0.5) is 17.1 Å². The van der Waals surface area contributed by atoms with E-state index in [0.717, 1.165) is 33.7 Å². The van der Waals surface area contributed by atoms with Crippen LogP contribution in [0.2, 0.25) is 0 Å². The Morgan fingerprint density at radius 1 is 0.571 bits per heavy atom. The Balaban J connectivity index is 1.29. The van der Waals surface area contributed by atoms with Crippen LogP contribution in [0.1, 0.15) is 12.5 Å². The minimum Gasteiger partial charge on any atom is -0.314 e. The van der Waals surface area contributed by atoms with Crippen molar-refractivity contribution < 1.29 is 0 Å². The molecule has 4 heteroatoms. The molecule has 1 aliphatic heterocycles. The highest BCUT2D eigenvalue weighted by Gasteiger charge is 2.25. The molecule has 0 aliphatic carbocycles. The summed E-state index contributed by atoms with van der Waals surface area (Å²) >= 11 is 1.83. The Labute approximate surface area is 290 Å². The number of hydrogen-bond acceptors (Lipinski definition) is 2. The molecule has 234 valence electrons. The average molecular weight is 648 g/mol. The first kappa shape index (κ1) is 29.2. The van der Waals surface area contributed by atoms with Gasteiger partial charge >= 0.3 is 0 Å². The summed E-state index contributed by atoms with van der Waals surface area (Å²) < 4.78 is 4.77. The Morgan fingerprint density at radius 3 is 1.94 bits per heavy atom. The van der Waals surface area contributed by atoms with Gasteiger partial charge in [-0.15, -0.1) is 0 Å². The second-order valence-electron chi connectivity index (χ2n) is 12.3. The first-order valence-corrected chi connectivity index (χ1v) is 17.4. The second-order valence-corrected chi connectivity index (χ2v) is 13.3. The number of fused-ring (bicyclic) bond motifs is 7. The molecule has 0 unspecified atom stereocenters. The topological polar surface area (TPSA) is 13.1 Å². The monoisotopic (exact) mass is 647 g/mol. The van der Waals surface area contributed by atoms with Gasteiger partial charge in [-0.2, -0.15) is 0 Å². The van der Waals surface area contributed by atoms with Gasteiger partial charge in [-0.3, -0.25) is 0 Å². The van der Waals surface area contributed by atoms with Gasteiger partial charge in [-0.1, -0.05) is 115 Å². The molecule has 0 saturated heterocycles. The fourth-order valence-electron chi connectivity index (χ4n) is 7.19. The van der Waals surface area contributed by atoms with E-state index in [4.69, 9.17) is 0 Å². The summed E-state index contributed by atoms with van der Waals surface area (Å²) in [6.07, 6.45) is 10.5. The molecule has 0 radical (unpaired) electrons. The van der Waals surface area contributed by atoms with E-state index in [0.29, 0.717) is 0 Å². The predicted molar refractivity (Wildman–Crippen MR) is 209 cm³/mol. The van der Waals surface area contributed by atoms with Gasteiger partial charge in [0.2, 0.25) is 0 Å². The SMILES string of the molecule is C=C(/C=C\C=C/C)c1cn(-c2ccccc2)c2c1ccc1c3ccccc3n(-c3ccc(N4c5ccccc5Sc5ccccc54)cc3)c12. The summed E-state index contributed by atoms with van der Waals surface area (Å²) in [7, 11) is 0. The lowest BCUT2D eigenvalue weighted by atomic mass is 10.0. The van der Waals surface area contributed by atoms with Crippen molar-refractivity contribution in [2.75, 3.05) is 4.90 Å². The zero-order chi connectivity index (χ0) is 32.9. The van der Waals surface area contributed by atoms with Gasteiger partial charge in [0.05, 0.1) is 27.9 Å². The van der Waals surface area contributed by atoms with Gasteiger partial charge in [0, 0.05) is 54.8 Å². The van der Waals surface area contributed by atoms with E-state index < -0.39 is 0 Å². The van der Waals surface area contributed by atoms with Crippen LogP contribution in [-0.4, -0.2) is 9.13 Å². The summed E-state index contributed by atoms with van der Waals surface area (Å²) in [6.45, 7) is 6.52. The number of anilines is 3. The molecular weight excluding hydrogens is 615 g/mol. The van der Waals surface area contributed by atoms with Gasteiger partial charge in [0.15, 0.2) is 0 Å². The largest absolute Gasteiger partial charge is 0.314 e. The third-order valence-corrected chi connectivity index (χ3v) is 10.5. The quantitative estimate of drug-likeness (QED) is 0.167. The van der Waals surface area contributed by atoms with E-state index in [-0.39, 0.29) is 0 Å². The summed E-state index contributed by atoms with van der Waals surface area (Å²) in [5, 5.41) is 3.62. The second kappa shape index (κ2) is 11.9. The highest BCUT2D eigenvalue weighted by atomic mass is 32.2. The smallest absolute Gasteiger partial charge is 0.0788 e. The van der Waals surface area contributed by atoms with E-state index >= 15 is 0 Å². The van der Waals surface area contributed by atoms with Gasteiger partial charge in [-0.25, -0.2) is 0 Å². The molecule has 0 fully saturated rings. The zero-order valence-corrected chi connectivity index (χ0v) is 27.9. The minimum atomic E-state index is 0.976. The Bertz CT molecular complexity index is 2560. The highest BCUT2D eigenvalue weighted by Crippen LogP contribution is 2.51. The van der Waals surface area contributed by atoms with Gasteiger partial charge in [0.1, 0.15) is 0 Å². The predicted octanol–water partition coefficient (Wildman–Crippen LogP) is 12.8. The van der Waals surface area contributed by atoms with Crippen molar-refractivity contribution in [3.8, 4) is 11.4 Å². The third-order valence-electron chi connectivity index (χ3n) is 9.38. The summed E-state index contributed by atoms with van der Waals surface area (Å²) in [4.78, 5) is 4.90. The molecule has 0 saturated carbocycles. The molecule has 1 aliphatic rings. The van der Waals surface area contributed by atoms with Gasteiger partial charge in [-0.05, 0) is 79.2 Å². The maximum absolute atomic E-state index is 4.50. The van der Waals surface area contributed by atoms with Gasteiger partial charge < -0.3 is 14.0 Å². The van der Waals surface area contributed by atoms with Gasteiger partial charge in [0.25, 0.3) is 0 Å². The molecule has 49 heavy (non-hydrogen) atoms. The highest BCUT2D eigenvalue weighted by molar-refractivity contribution is 7.99. The molecule has 2 aromatic heterocycles. The molecule has 0 N–H and O–H groups in total. The van der Waals surface area contributed by atoms with Crippen molar-refractivity contribution in [1.29, 1.82) is 0 Å². The van der Waals surface area contributed by atoms with Crippen molar-refractivity contribution >= 4 is 67.1 Å². The Hall–Kier alpha value is -5.97. The number of aromatic nitrogens is 2. The van der Waals surface area contributed by atoms with Crippen LogP contribution in [0, 0.1) is 0 Å². The molecule has 6 aromatic carbocycles. The molecule has 3 heterocycles. The summed E-state index contributed by atoms with van der Waals surface area (Å²) in [5.74, 6) is 0. The number of nitrogens with zero attached hydrogens (tertiary/aromatic N) is 3. The van der Waals surface area contributed by atoms with Crippen molar-refractivity contribution in [2.24, 2.45) is 0 Å². The first-order chi connectivity index (χ1) is 24.2. The first-order valence-electron chi connectivity index (χ1n) is 16.6. The molecule has 0 bridgehead atoms. The zero-order valence-electron chi connectivity index (χ0n) is 27.1. The fourth-order valence-corrected chi connectivity index (χ4v) is 8.24. The third kappa shape index (κ3) is 4.75. The molecule has 0 amide bonds. The van der Waals surface area contributed by atoms with E-state index in [1.165, 1.54) is 48.4 Å². The van der Waals surface area contributed by atoms with Crippen LogP contribution in [0.5, 0.6) is 0 Å². The lowest BCUT2D eigenvalue weighted by Crippen LogP contribution is -2.14. The Morgan fingerprint density at radius 2 is 1.20 bits per heavy atom. The van der Waals surface area contributed by atoms with Crippen LogP contribution in [-0.2, 0) is 0 Å². The van der Waals surface area contributed by atoms with Crippen molar-refractivity contribution in [1.82, 2.24) is 9.13 Å². The van der Waals surface area contributed by atoms with E-state index in [1.807, 2.05) is 30.8 Å². The summed E-state index contributed by atoms with van der Waals surface area (Å²) in [6, 6.07) is 50.3. The van der Waals surface area contributed by atoms with Crippen molar-refractivity contribution in [2.45, 2.75) is 16.7 Å². The Kier molecular flexibility index (Phi) is 7.10. The number of benzene rings is 6. The molecule has 0 spiro atoms. The van der Waals surface area contributed by atoms with Crippen LogP contribution in [0.25, 0.3) is 49.7 Å². The standard InChI is InChI=1S/C45H33N3S/c1-3-4-6-15-31(2)38-30-46(32-16-7-5-8-17-32)44-37(38)29-28-36-35-18-9-10-19-39(35)48(45(36)44)34-26-24-33(25-27-34)47-40-20-11-13-22-42(40)49-43-23-14-12-21-41(43)47/h3-30H,2H2,1H3/b4-3-,15-6-. The minimum absolute atomic E-state index is 0.976. The number of para-hydroxylation sites is 4. The lowest BCUT2D eigenvalue weighted by Gasteiger charge is -2.32. The molecule has 3 nitrogen and oxygen atoms in total. The molecule has 8 aromatic rings. The molecule has 9 rings (SSSR count). The number of hydrogen-bond donors (Lipinski definition) is 0. The normalized spacial score (nSPS) is 12.8. The summed E-state index contributed by atoms with van der Waals surface area (Å²) in [5.41, 5.74) is 11.4. The molecule has 0 atom stereocenters. The maximum Gasteiger partial charge on any atom is 0.0788 e. The fraction of sp³-hybridized carbons (Fsp3) is 0.0222. The van der Waals surface area contributed by atoms with Crippen LogP contribution in [0.3, 0.4) is 0 Å². The lowest BCUT2D eigenvalue weighted by molar-refractivity contribution is 1.11. The number of allylic oxidation sites excluding steroid dienone is 5. The van der Waals surface area contributed by atoms with Crippen LogP contribution >= 0.6 is 11.8 Å². The van der Waals surface area contributed by atoms with E-state index in [2.05, 4.69) is 178 Å². The number of rotatable bonds is 6. The van der Waals surface area contributed by atoms with Crippen molar-refractivity contribution in [3.05, 3.63) is 182 Å². The van der Waals surface area contributed by atoms with E-state index in [9.17, 15) is 0 Å². The van der Waals surface area contributed by atoms with Crippen LogP contribution in [0.15, 0.2) is 186 Å². The van der Waals surface area contributed by atoms with E-state index in [1.54, 1.807) is 0 Å². The molecular formula is C45H33N3S. The average Bonchev–Trinajstić information content (AvgIpc) is 3.71. The maximum atomic E-state index is 4.50.